The predicted molar refractivity (Wildman–Crippen MR) is 84.5 cm³/mol. The van der Waals surface area contributed by atoms with Gasteiger partial charge in [-0.25, -0.2) is 0 Å². The van der Waals surface area contributed by atoms with E-state index in [2.05, 4.69) is 11.4 Å². The van der Waals surface area contributed by atoms with Crippen molar-refractivity contribution in [2.45, 2.75) is 32.6 Å². The zero-order valence-electron chi connectivity index (χ0n) is 11.5. The number of benzene rings is 1. The highest BCUT2D eigenvalue weighted by atomic mass is 32.1. The molecule has 0 aliphatic heterocycles. The molecule has 1 aliphatic carbocycles. The number of thiophene rings is 1. The van der Waals surface area contributed by atoms with Crippen LogP contribution in [0.15, 0.2) is 24.3 Å². The van der Waals surface area contributed by atoms with E-state index >= 15 is 0 Å². The first kappa shape index (κ1) is 13.2. The van der Waals surface area contributed by atoms with Crippen molar-refractivity contribution in [3.05, 3.63) is 45.1 Å². The Bertz CT molecular complexity index is 637. The van der Waals surface area contributed by atoms with Gasteiger partial charge in [-0.05, 0) is 61.9 Å². The molecule has 0 atom stereocenters. The molecule has 2 aromatic rings. The van der Waals surface area contributed by atoms with E-state index in [1.165, 1.54) is 23.3 Å². The van der Waals surface area contributed by atoms with Crippen molar-refractivity contribution in [1.29, 1.82) is 0 Å². The van der Waals surface area contributed by atoms with Crippen LogP contribution in [0.4, 0.5) is 11.4 Å². The number of amides is 1. The number of rotatable bonds is 2. The van der Waals surface area contributed by atoms with E-state index in [4.69, 9.17) is 5.73 Å². The van der Waals surface area contributed by atoms with E-state index < -0.39 is 0 Å². The molecule has 1 aromatic carbocycles. The largest absolute Gasteiger partial charge is 0.398 e. The Labute approximate surface area is 122 Å². The van der Waals surface area contributed by atoms with Crippen LogP contribution in [0.3, 0.4) is 0 Å². The minimum atomic E-state index is -0.0295. The molecule has 1 aliphatic rings. The maximum Gasteiger partial charge on any atom is 0.265 e. The number of fused-ring (bicyclic) bond motifs is 1. The summed E-state index contributed by atoms with van der Waals surface area (Å²) in [7, 11) is 0. The van der Waals surface area contributed by atoms with Gasteiger partial charge in [-0.1, -0.05) is 6.07 Å². The SMILES string of the molecule is Cc1c(N)cccc1NC(=O)c1cc2c(s1)CCCC2. The zero-order chi connectivity index (χ0) is 14.1. The van der Waals surface area contributed by atoms with Crippen LogP contribution in [0.2, 0.25) is 0 Å². The van der Waals surface area contributed by atoms with Crippen LogP contribution in [0, 0.1) is 6.92 Å². The Hall–Kier alpha value is -1.81. The second kappa shape index (κ2) is 5.29. The lowest BCUT2D eigenvalue weighted by Crippen LogP contribution is -2.11. The minimum Gasteiger partial charge on any atom is -0.398 e. The lowest BCUT2D eigenvalue weighted by atomic mass is 9.99. The molecule has 1 heterocycles. The maximum atomic E-state index is 12.4. The van der Waals surface area contributed by atoms with Crippen molar-refractivity contribution in [2.75, 3.05) is 11.1 Å². The van der Waals surface area contributed by atoms with Crippen molar-refractivity contribution in [3.8, 4) is 0 Å². The molecule has 20 heavy (non-hydrogen) atoms. The Balaban J connectivity index is 1.82. The standard InChI is InChI=1S/C16H18N2OS/c1-10-12(17)6-4-7-13(10)18-16(19)15-9-11-5-2-3-8-14(11)20-15/h4,6-7,9H,2-3,5,8,17H2,1H3,(H,18,19). The molecule has 3 nitrogen and oxygen atoms in total. The van der Waals surface area contributed by atoms with E-state index in [1.807, 2.05) is 25.1 Å². The number of aryl methyl sites for hydroxylation is 2. The van der Waals surface area contributed by atoms with Crippen LogP contribution in [-0.4, -0.2) is 5.91 Å². The second-order valence-corrected chi connectivity index (χ2v) is 6.38. The van der Waals surface area contributed by atoms with Crippen LogP contribution in [0.25, 0.3) is 0 Å². The van der Waals surface area contributed by atoms with Gasteiger partial charge in [0, 0.05) is 16.3 Å². The fourth-order valence-electron chi connectivity index (χ4n) is 2.58. The van der Waals surface area contributed by atoms with E-state index in [-0.39, 0.29) is 5.91 Å². The molecular formula is C16H18N2OS. The van der Waals surface area contributed by atoms with Gasteiger partial charge in [0.25, 0.3) is 5.91 Å². The number of nitrogens with two attached hydrogens (primary N) is 1. The van der Waals surface area contributed by atoms with E-state index in [0.29, 0.717) is 5.69 Å². The molecule has 3 N–H and O–H groups in total. The minimum absolute atomic E-state index is 0.0295. The van der Waals surface area contributed by atoms with Crippen LogP contribution < -0.4 is 11.1 Å². The zero-order valence-corrected chi connectivity index (χ0v) is 12.3. The first-order valence-electron chi connectivity index (χ1n) is 6.93. The quantitative estimate of drug-likeness (QED) is 0.826. The summed E-state index contributed by atoms with van der Waals surface area (Å²) in [6.07, 6.45) is 4.70. The summed E-state index contributed by atoms with van der Waals surface area (Å²) in [5.41, 5.74) is 9.64. The number of hydrogen-bond acceptors (Lipinski definition) is 3. The third kappa shape index (κ3) is 2.43. The number of carbonyl (C=O) groups is 1. The number of anilines is 2. The van der Waals surface area contributed by atoms with Gasteiger partial charge in [0.1, 0.15) is 0 Å². The van der Waals surface area contributed by atoms with Crippen LogP contribution in [0.5, 0.6) is 0 Å². The van der Waals surface area contributed by atoms with Gasteiger partial charge < -0.3 is 11.1 Å². The smallest absolute Gasteiger partial charge is 0.265 e. The van der Waals surface area contributed by atoms with Crippen molar-refractivity contribution in [3.63, 3.8) is 0 Å². The summed E-state index contributed by atoms with van der Waals surface area (Å²) in [5, 5.41) is 2.97. The third-order valence-corrected chi connectivity index (χ3v) is 5.08. The molecule has 0 saturated heterocycles. The average molecular weight is 286 g/mol. The lowest BCUT2D eigenvalue weighted by Gasteiger charge is -2.09. The molecule has 4 heteroatoms. The Morgan fingerprint density at radius 2 is 2.10 bits per heavy atom. The molecule has 0 saturated carbocycles. The number of nitrogen functional groups attached to an aromatic ring is 1. The number of hydrogen-bond donors (Lipinski definition) is 2. The molecule has 0 unspecified atom stereocenters. The van der Waals surface area contributed by atoms with Crippen molar-refractivity contribution in [1.82, 2.24) is 0 Å². The molecule has 0 spiro atoms. The summed E-state index contributed by atoms with van der Waals surface area (Å²) < 4.78 is 0. The van der Waals surface area contributed by atoms with Crippen molar-refractivity contribution < 1.29 is 4.79 Å². The fraction of sp³-hybridized carbons (Fsp3) is 0.312. The summed E-state index contributed by atoms with van der Waals surface area (Å²) in [5.74, 6) is -0.0295. The molecular weight excluding hydrogens is 268 g/mol. The molecule has 1 aromatic heterocycles. The van der Waals surface area contributed by atoms with Gasteiger partial charge in [0.05, 0.1) is 4.88 Å². The third-order valence-electron chi connectivity index (χ3n) is 3.84. The highest BCUT2D eigenvalue weighted by molar-refractivity contribution is 7.14. The van der Waals surface area contributed by atoms with E-state index in [9.17, 15) is 4.79 Å². The predicted octanol–water partition coefficient (Wildman–Crippen LogP) is 3.77. The van der Waals surface area contributed by atoms with Gasteiger partial charge in [-0.3, -0.25) is 4.79 Å². The molecule has 104 valence electrons. The summed E-state index contributed by atoms with van der Waals surface area (Å²) in [4.78, 5) is 14.5. The Morgan fingerprint density at radius 3 is 2.90 bits per heavy atom. The molecule has 0 radical (unpaired) electrons. The first-order valence-corrected chi connectivity index (χ1v) is 7.75. The van der Waals surface area contributed by atoms with Gasteiger partial charge in [0.2, 0.25) is 0 Å². The Morgan fingerprint density at radius 1 is 1.30 bits per heavy atom. The maximum absolute atomic E-state index is 12.4. The van der Waals surface area contributed by atoms with E-state index in [0.717, 1.165) is 29.0 Å². The highest BCUT2D eigenvalue weighted by Gasteiger charge is 2.17. The average Bonchev–Trinajstić information content (AvgIpc) is 2.88. The molecule has 0 fully saturated rings. The lowest BCUT2D eigenvalue weighted by molar-refractivity contribution is 0.103. The van der Waals surface area contributed by atoms with E-state index in [1.54, 1.807) is 11.3 Å². The Kier molecular flexibility index (Phi) is 3.49. The summed E-state index contributed by atoms with van der Waals surface area (Å²) in [6.45, 7) is 1.92. The molecule has 1 amide bonds. The van der Waals surface area contributed by atoms with Crippen LogP contribution in [-0.2, 0) is 12.8 Å². The van der Waals surface area contributed by atoms with Gasteiger partial charge >= 0.3 is 0 Å². The van der Waals surface area contributed by atoms with Crippen LogP contribution in [0.1, 0.15) is 38.5 Å². The molecule has 3 rings (SSSR count). The summed E-state index contributed by atoms with van der Waals surface area (Å²) in [6, 6.07) is 7.64. The fourth-order valence-corrected chi connectivity index (χ4v) is 3.72. The first-order chi connectivity index (χ1) is 9.65. The molecule has 0 bridgehead atoms. The topological polar surface area (TPSA) is 55.1 Å². The second-order valence-electron chi connectivity index (χ2n) is 5.24. The highest BCUT2D eigenvalue weighted by Crippen LogP contribution is 2.30. The van der Waals surface area contributed by atoms with Gasteiger partial charge in [0.15, 0.2) is 0 Å². The monoisotopic (exact) mass is 286 g/mol. The number of carbonyl (C=O) groups excluding carboxylic acids is 1. The number of nitrogens with one attached hydrogen (secondary N) is 1. The normalized spacial score (nSPS) is 13.8. The van der Waals surface area contributed by atoms with Gasteiger partial charge in [-0.2, -0.15) is 0 Å². The van der Waals surface area contributed by atoms with Gasteiger partial charge in [-0.15, -0.1) is 11.3 Å². The van der Waals surface area contributed by atoms with Crippen LogP contribution >= 0.6 is 11.3 Å². The summed E-state index contributed by atoms with van der Waals surface area (Å²) >= 11 is 1.63. The van der Waals surface area contributed by atoms with Crippen molar-refractivity contribution >= 4 is 28.6 Å². The van der Waals surface area contributed by atoms with Crippen molar-refractivity contribution in [2.24, 2.45) is 0 Å².